The molecular weight excluding hydrogens is 242 g/mol. The number of allylic oxidation sites excluding steroid dienone is 4. The maximum Gasteiger partial charge on any atom is 0.0527 e. The average Bonchev–Trinajstić information content (AvgIpc) is 2.68. The van der Waals surface area contributed by atoms with Gasteiger partial charge in [0, 0.05) is 11.3 Å². The summed E-state index contributed by atoms with van der Waals surface area (Å²) in [5, 5.41) is 0. The summed E-state index contributed by atoms with van der Waals surface area (Å²) in [5.74, 6) is 0. The normalized spacial score (nSPS) is 16.7. The summed E-state index contributed by atoms with van der Waals surface area (Å²) in [7, 11) is 0. The second-order valence-corrected chi connectivity index (χ2v) is 6.61. The molecule has 0 aromatic heterocycles. The molecule has 0 atom stereocenters. The first-order valence-electron chi connectivity index (χ1n) is 7.33. The zero-order valence-corrected chi connectivity index (χ0v) is 13.5. The van der Waals surface area contributed by atoms with Crippen LogP contribution in [0.1, 0.15) is 59.1 Å². The number of nitrogens with zero attached hydrogens (tertiary/aromatic N) is 1. The van der Waals surface area contributed by atoms with E-state index in [4.69, 9.17) is 4.99 Å². The SMILES string of the molecule is CC1=CCC(c2ccccc2C(C)=NC(C)(C)C)=C1C. The molecule has 1 aliphatic rings. The molecule has 2 rings (SSSR count). The summed E-state index contributed by atoms with van der Waals surface area (Å²) in [5.41, 5.74) is 7.95. The van der Waals surface area contributed by atoms with Crippen LogP contribution in [0.3, 0.4) is 0 Å². The van der Waals surface area contributed by atoms with Crippen LogP contribution in [-0.4, -0.2) is 11.3 Å². The molecule has 0 radical (unpaired) electrons. The van der Waals surface area contributed by atoms with Gasteiger partial charge in [-0.05, 0) is 64.7 Å². The minimum Gasteiger partial charge on any atom is -0.284 e. The molecule has 0 fully saturated rings. The van der Waals surface area contributed by atoms with Crippen LogP contribution in [0.25, 0.3) is 5.57 Å². The van der Waals surface area contributed by atoms with Crippen molar-refractivity contribution in [3.05, 3.63) is 52.6 Å². The Kier molecular flexibility index (Phi) is 3.99. The fourth-order valence-electron chi connectivity index (χ4n) is 2.74. The van der Waals surface area contributed by atoms with Crippen LogP contribution in [0.5, 0.6) is 0 Å². The summed E-state index contributed by atoms with van der Waals surface area (Å²) in [6, 6.07) is 8.64. The molecular formula is C19H25N. The first kappa shape index (κ1) is 14.8. The molecule has 0 spiro atoms. The van der Waals surface area contributed by atoms with Gasteiger partial charge in [0.05, 0.1) is 5.54 Å². The van der Waals surface area contributed by atoms with Gasteiger partial charge in [-0.3, -0.25) is 4.99 Å². The highest BCUT2D eigenvalue weighted by Gasteiger charge is 2.17. The van der Waals surface area contributed by atoms with E-state index in [0.717, 1.165) is 12.1 Å². The van der Waals surface area contributed by atoms with Crippen molar-refractivity contribution < 1.29 is 0 Å². The van der Waals surface area contributed by atoms with Gasteiger partial charge in [-0.15, -0.1) is 0 Å². The summed E-state index contributed by atoms with van der Waals surface area (Å²) in [6.07, 6.45) is 3.36. The van der Waals surface area contributed by atoms with Crippen molar-refractivity contribution in [2.24, 2.45) is 4.99 Å². The topological polar surface area (TPSA) is 12.4 Å². The third-order valence-electron chi connectivity index (χ3n) is 3.80. The Hall–Kier alpha value is -1.63. The number of rotatable bonds is 2. The summed E-state index contributed by atoms with van der Waals surface area (Å²) < 4.78 is 0. The highest BCUT2D eigenvalue weighted by molar-refractivity contribution is 6.03. The van der Waals surface area contributed by atoms with Crippen molar-refractivity contribution in [3.63, 3.8) is 0 Å². The van der Waals surface area contributed by atoms with Gasteiger partial charge in [0.1, 0.15) is 0 Å². The van der Waals surface area contributed by atoms with Crippen molar-refractivity contribution in [1.29, 1.82) is 0 Å². The lowest BCUT2D eigenvalue weighted by Gasteiger charge is -2.17. The van der Waals surface area contributed by atoms with Gasteiger partial charge in [0.15, 0.2) is 0 Å². The van der Waals surface area contributed by atoms with Crippen LogP contribution in [0.4, 0.5) is 0 Å². The van der Waals surface area contributed by atoms with E-state index in [-0.39, 0.29) is 5.54 Å². The van der Waals surface area contributed by atoms with E-state index < -0.39 is 0 Å². The predicted molar refractivity (Wildman–Crippen MR) is 89.4 cm³/mol. The first-order chi connectivity index (χ1) is 9.29. The van der Waals surface area contributed by atoms with Crippen LogP contribution in [0, 0.1) is 0 Å². The molecule has 1 aliphatic carbocycles. The van der Waals surface area contributed by atoms with E-state index in [0.29, 0.717) is 0 Å². The fraction of sp³-hybridized carbons (Fsp3) is 0.421. The van der Waals surface area contributed by atoms with Gasteiger partial charge in [-0.2, -0.15) is 0 Å². The van der Waals surface area contributed by atoms with Crippen LogP contribution < -0.4 is 0 Å². The second kappa shape index (κ2) is 5.40. The van der Waals surface area contributed by atoms with Crippen molar-refractivity contribution in [3.8, 4) is 0 Å². The van der Waals surface area contributed by atoms with Crippen molar-refractivity contribution >= 4 is 11.3 Å². The zero-order valence-electron chi connectivity index (χ0n) is 13.5. The summed E-state index contributed by atoms with van der Waals surface area (Å²) in [4.78, 5) is 4.83. The highest BCUT2D eigenvalue weighted by Crippen LogP contribution is 2.35. The summed E-state index contributed by atoms with van der Waals surface area (Å²) in [6.45, 7) is 13.0. The number of aliphatic imine (C=N–C) groups is 1. The lowest BCUT2D eigenvalue weighted by molar-refractivity contribution is 0.584. The number of hydrogen-bond donors (Lipinski definition) is 0. The summed E-state index contributed by atoms with van der Waals surface area (Å²) >= 11 is 0. The van der Waals surface area contributed by atoms with Gasteiger partial charge < -0.3 is 0 Å². The number of hydrogen-bond acceptors (Lipinski definition) is 1. The minimum absolute atomic E-state index is 0.0372. The van der Waals surface area contributed by atoms with Gasteiger partial charge in [-0.1, -0.05) is 35.9 Å². The van der Waals surface area contributed by atoms with Gasteiger partial charge in [0.2, 0.25) is 0 Å². The molecule has 106 valence electrons. The van der Waals surface area contributed by atoms with Crippen LogP contribution in [0.15, 0.2) is 46.5 Å². The third-order valence-corrected chi connectivity index (χ3v) is 3.80. The Balaban J connectivity index is 2.51. The maximum absolute atomic E-state index is 4.83. The maximum atomic E-state index is 4.83. The van der Waals surface area contributed by atoms with Gasteiger partial charge in [-0.25, -0.2) is 0 Å². The standard InChI is InChI=1S/C19H25N/c1-13-11-12-16(14(13)2)18-10-8-7-9-17(18)15(3)20-19(4,5)6/h7-11H,12H2,1-6H3. The van der Waals surface area contributed by atoms with Gasteiger partial charge >= 0.3 is 0 Å². The lowest BCUT2D eigenvalue weighted by atomic mass is 9.93. The largest absolute Gasteiger partial charge is 0.284 e. The van der Waals surface area contributed by atoms with Crippen LogP contribution in [-0.2, 0) is 0 Å². The zero-order chi connectivity index (χ0) is 14.9. The molecule has 0 saturated heterocycles. The molecule has 1 heteroatoms. The predicted octanol–water partition coefficient (Wildman–Crippen LogP) is 5.42. The van der Waals surface area contributed by atoms with E-state index in [2.05, 4.69) is 71.9 Å². The average molecular weight is 267 g/mol. The molecule has 1 aromatic carbocycles. The van der Waals surface area contributed by atoms with E-state index in [9.17, 15) is 0 Å². The Labute approximate surface area is 123 Å². The quantitative estimate of drug-likeness (QED) is 0.635. The molecule has 20 heavy (non-hydrogen) atoms. The number of benzene rings is 1. The van der Waals surface area contributed by atoms with E-state index in [1.165, 1.54) is 27.8 Å². The highest BCUT2D eigenvalue weighted by atomic mass is 14.8. The van der Waals surface area contributed by atoms with E-state index >= 15 is 0 Å². The molecule has 1 aromatic rings. The minimum atomic E-state index is -0.0372. The van der Waals surface area contributed by atoms with Crippen LogP contribution >= 0.6 is 0 Å². The van der Waals surface area contributed by atoms with Gasteiger partial charge in [0.25, 0.3) is 0 Å². The lowest BCUT2D eigenvalue weighted by Crippen LogP contribution is -2.14. The Morgan fingerprint density at radius 1 is 1.10 bits per heavy atom. The molecule has 0 saturated carbocycles. The Morgan fingerprint density at radius 3 is 2.30 bits per heavy atom. The Morgan fingerprint density at radius 2 is 1.75 bits per heavy atom. The second-order valence-electron chi connectivity index (χ2n) is 6.61. The van der Waals surface area contributed by atoms with Crippen molar-refractivity contribution in [2.75, 3.05) is 0 Å². The third kappa shape index (κ3) is 3.09. The molecule has 0 amide bonds. The van der Waals surface area contributed by atoms with Crippen molar-refractivity contribution in [1.82, 2.24) is 0 Å². The smallest absolute Gasteiger partial charge is 0.0527 e. The molecule has 0 N–H and O–H groups in total. The van der Waals surface area contributed by atoms with E-state index in [1.54, 1.807) is 0 Å². The van der Waals surface area contributed by atoms with Crippen molar-refractivity contribution in [2.45, 2.75) is 53.5 Å². The monoisotopic (exact) mass is 267 g/mol. The van der Waals surface area contributed by atoms with Crippen LogP contribution in [0.2, 0.25) is 0 Å². The fourth-order valence-corrected chi connectivity index (χ4v) is 2.74. The molecule has 0 heterocycles. The molecule has 0 unspecified atom stereocenters. The first-order valence-corrected chi connectivity index (χ1v) is 7.33. The molecule has 0 aliphatic heterocycles. The molecule has 1 nitrogen and oxygen atoms in total. The van der Waals surface area contributed by atoms with E-state index in [1.807, 2.05) is 0 Å². The Bertz CT molecular complexity index is 607. The molecule has 0 bridgehead atoms.